The number of amides is 1. The monoisotopic (exact) mass is 394 g/mol. The molecule has 2 heterocycles. The van der Waals surface area contributed by atoms with Crippen LogP contribution in [0.1, 0.15) is 13.3 Å². The number of alkyl halides is 1. The lowest BCUT2D eigenvalue weighted by atomic mass is 10.1. The first-order valence-electron chi connectivity index (χ1n) is 9.64. The Morgan fingerprint density at radius 2 is 2.10 bits per heavy atom. The highest BCUT2D eigenvalue weighted by Crippen LogP contribution is 2.27. The molecule has 29 heavy (non-hydrogen) atoms. The molecule has 0 spiro atoms. The highest BCUT2D eigenvalue weighted by Gasteiger charge is 2.32. The zero-order valence-corrected chi connectivity index (χ0v) is 16.1. The van der Waals surface area contributed by atoms with Crippen molar-refractivity contribution in [1.82, 2.24) is 10.2 Å². The molecule has 1 saturated heterocycles. The van der Waals surface area contributed by atoms with E-state index < -0.39 is 6.17 Å². The fourth-order valence-electron chi connectivity index (χ4n) is 3.40. The van der Waals surface area contributed by atoms with Gasteiger partial charge in [-0.1, -0.05) is 18.2 Å². The fraction of sp³-hybridized carbons (Fsp3) is 0.273. The topological polar surface area (TPSA) is 70.2 Å². The van der Waals surface area contributed by atoms with Crippen molar-refractivity contribution in [1.29, 1.82) is 0 Å². The molecular weight excluding hydrogens is 371 g/mol. The Morgan fingerprint density at radius 3 is 2.83 bits per heavy atom. The maximum atomic E-state index is 13.0. The molecule has 1 fully saturated rings. The smallest absolute Gasteiger partial charge is 0.249 e. The van der Waals surface area contributed by atoms with Crippen LogP contribution in [0.5, 0.6) is 5.75 Å². The minimum atomic E-state index is -1.03. The average molecular weight is 394 g/mol. The molecule has 0 radical (unpaired) electrons. The number of aromatic amines is 1. The third-order valence-corrected chi connectivity index (χ3v) is 4.87. The van der Waals surface area contributed by atoms with Gasteiger partial charge in [0.2, 0.25) is 5.91 Å². The number of nitrogens with one attached hydrogen (secondary N) is 2. The first kappa shape index (κ1) is 19.0. The molecule has 2 atom stereocenters. The van der Waals surface area contributed by atoms with Crippen LogP contribution in [0.4, 0.5) is 15.8 Å². The van der Waals surface area contributed by atoms with Crippen LogP contribution in [0.25, 0.3) is 11.1 Å². The van der Waals surface area contributed by atoms with E-state index in [1.165, 1.54) is 6.92 Å². The number of hydrogen-bond donors (Lipinski definition) is 2. The molecule has 6 nitrogen and oxygen atoms in total. The van der Waals surface area contributed by atoms with Crippen LogP contribution in [0.2, 0.25) is 0 Å². The first-order chi connectivity index (χ1) is 14.1. The van der Waals surface area contributed by atoms with Crippen LogP contribution in [0, 0.1) is 0 Å². The highest BCUT2D eigenvalue weighted by molar-refractivity contribution is 6.01. The van der Waals surface area contributed by atoms with Crippen LogP contribution < -0.4 is 15.0 Å². The molecule has 1 amide bonds. The van der Waals surface area contributed by atoms with Crippen LogP contribution >= 0.6 is 0 Å². The lowest BCUT2D eigenvalue weighted by molar-refractivity contribution is -0.117. The number of nitrogens with zero attached hydrogens (tertiary/aromatic N) is 2. The summed E-state index contributed by atoms with van der Waals surface area (Å²) in [7, 11) is 0. The first-order valence-corrected chi connectivity index (χ1v) is 9.64. The average Bonchev–Trinajstić information content (AvgIpc) is 3.38. The van der Waals surface area contributed by atoms with Gasteiger partial charge in [-0.15, -0.1) is 0 Å². The summed E-state index contributed by atoms with van der Waals surface area (Å²) in [6.07, 6.45) is 3.27. The van der Waals surface area contributed by atoms with Gasteiger partial charge in [0.15, 0.2) is 0 Å². The summed E-state index contributed by atoms with van der Waals surface area (Å²) < 4.78 is 18.4. The summed E-state index contributed by atoms with van der Waals surface area (Å²) in [4.78, 5) is 14.7. The van der Waals surface area contributed by atoms with E-state index in [1.807, 2.05) is 42.6 Å². The quantitative estimate of drug-likeness (QED) is 0.635. The van der Waals surface area contributed by atoms with E-state index >= 15 is 0 Å². The molecular formula is C22H23FN4O2. The number of carbonyl (C=O) groups is 1. The van der Waals surface area contributed by atoms with Crippen molar-refractivity contribution < 1.29 is 13.9 Å². The Bertz CT molecular complexity index is 957. The number of halogens is 1. The predicted octanol–water partition coefficient (Wildman–Crippen LogP) is 4.03. The molecule has 150 valence electrons. The van der Waals surface area contributed by atoms with Crippen molar-refractivity contribution in [2.75, 3.05) is 23.4 Å². The number of carbonyl (C=O) groups excluding carboxylic acids is 1. The number of hydrogen-bond acceptors (Lipinski definition) is 4. The summed E-state index contributed by atoms with van der Waals surface area (Å²) in [6.45, 7) is 2.11. The molecule has 0 bridgehead atoms. The van der Waals surface area contributed by atoms with E-state index in [1.54, 1.807) is 23.2 Å². The second-order valence-corrected chi connectivity index (χ2v) is 7.13. The van der Waals surface area contributed by atoms with E-state index in [4.69, 9.17) is 4.74 Å². The highest BCUT2D eigenvalue weighted by atomic mass is 19.1. The number of benzene rings is 2. The van der Waals surface area contributed by atoms with Crippen molar-refractivity contribution >= 4 is 17.3 Å². The summed E-state index contributed by atoms with van der Waals surface area (Å²) in [5, 5.41) is 10.0. The standard InChI is InChI=1S/C22H23FN4O2/c1-15(23)14-29-20-4-2-3-18(11-20)26-21-9-10-27(22(21)28)19-7-5-16(6-8-19)17-12-24-25-13-17/h2-8,11-13,15,21,26H,9-10,14H2,1H3,(H,24,25). The molecule has 4 rings (SSSR count). The van der Waals surface area contributed by atoms with Crippen LogP contribution in [0.3, 0.4) is 0 Å². The molecule has 3 aromatic rings. The van der Waals surface area contributed by atoms with Gasteiger partial charge < -0.3 is 15.0 Å². The molecule has 7 heteroatoms. The summed E-state index contributed by atoms with van der Waals surface area (Å²) in [5.74, 6) is 0.612. The summed E-state index contributed by atoms with van der Waals surface area (Å²) in [5.41, 5.74) is 3.71. The molecule has 2 N–H and O–H groups in total. The molecule has 2 unspecified atom stereocenters. The normalized spacial score (nSPS) is 17.4. The third kappa shape index (κ3) is 4.39. The second kappa shape index (κ2) is 8.34. The van der Waals surface area contributed by atoms with Gasteiger partial charge >= 0.3 is 0 Å². The molecule has 1 aromatic heterocycles. The van der Waals surface area contributed by atoms with Gasteiger partial charge in [-0.2, -0.15) is 5.10 Å². The van der Waals surface area contributed by atoms with Gasteiger partial charge in [-0.3, -0.25) is 9.89 Å². The van der Waals surface area contributed by atoms with E-state index in [2.05, 4.69) is 15.5 Å². The van der Waals surface area contributed by atoms with Crippen molar-refractivity contribution in [3.05, 3.63) is 60.9 Å². The van der Waals surface area contributed by atoms with Gasteiger partial charge in [0, 0.05) is 35.7 Å². The Labute approximate surface area is 168 Å². The van der Waals surface area contributed by atoms with E-state index in [0.717, 1.165) is 22.5 Å². The third-order valence-electron chi connectivity index (χ3n) is 4.87. The van der Waals surface area contributed by atoms with Gasteiger partial charge in [0.1, 0.15) is 24.6 Å². The summed E-state index contributed by atoms with van der Waals surface area (Å²) >= 11 is 0. The van der Waals surface area contributed by atoms with Crippen LogP contribution in [0.15, 0.2) is 60.9 Å². The molecule has 0 aliphatic carbocycles. The van der Waals surface area contributed by atoms with Gasteiger partial charge in [0.25, 0.3) is 0 Å². The second-order valence-electron chi connectivity index (χ2n) is 7.13. The maximum Gasteiger partial charge on any atom is 0.249 e. The van der Waals surface area contributed by atoms with Gasteiger partial charge in [-0.05, 0) is 43.2 Å². The Hall–Kier alpha value is -3.35. The lowest BCUT2D eigenvalue weighted by Crippen LogP contribution is -2.33. The number of ether oxygens (including phenoxy) is 1. The minimum Gasteiger partial charge on any atom is -0.491 e. The van der Waals surface area contributed by atoms with Crippen LogP contribution in [-0.2, 0) is 4.79 Å². The fourth-order valence-corrected chi connectivity index (χ4v) is 3.40. The van der Waals surface area contributed by atoms with Crippen LogP contribution in [-0.4, -0.2) is 41.5 Å². The van der Waals surface area contributed by atoms with E-state index in [-0.39, 0.29) is 18.6 Å². The largest absolute Gasteiger partial charge is 0.491 e. The van der Waals surface area contributed by atoms with Gasteiger partial charge in [-0.25, -0.2) is 4.39 Å². The lowest BCUT2D eigenvalue weighted by Gasteiger charge is -2.18. The number of rotatable bonds is 7. The molecule has 1 aliphatic rings. The number of H-pyrrole nitrogens is 1. The Balaban J connectivity index is 1.41. The Morgan fingerprint density at radius 1 is 1.28 bits per heavy atom. The zero-order chi connectivity index (χ0) is 20.2. The van der Waals surface area contributed by atoms with E-state index in [9.17, 15) is 9.18 Å². The maximum absolute atomic E-state index is 13.0. The molecule has 0 saturated carbocycles. The van der Waals surface area contributed by atoms with Gasteiger partial charge in [0.05, 0.1) is 6.20 Å². The SMILES string of the molecule is CC(F)COc1cccc(NC2CCN(c3ccc(-c4cn[nH]c4)cc3)C2=O)c1. The predicted molar refractivity (Wildman–Crippen MR) is 111 cm³/mol. The summed E-state index contributed by atoms with van der Waals surface area (Å²) in [6, 6.07) is 14.8. The van der Waals surface area contributed by atoms with Crippen molar-refractivity contribution in [3.63, 3.8) is 0 Å². The molecule has 1 aliphatic heterocycles. The van der Waals surface area contributed by atoms with E-state index in [0.29, 0.717) is 18.7 Å². The zero-order valence-electron chi connectivity index (χ0n) is 16.1. The number of anilines is 2. The Kier molecular flexibility index (Phi) is 5.46. The van der Waals surface area contributed by atoms with Crippen molar-refractivity contribution in [2.24, 2.45) is 0 Å². The minimum absolute atomic E-state index is 0.00834. The van der Waals surface area contributed by atoms with Crippen molar-refractivity contribution in [2.45, 2.75) is 25.6 Å². The van der Waals surface area contributed by atoms with Crippen molar-refractivity contribution in [3.8, 4) is 16.9 Å². The molecule has 2 aromatic carbocycles. The number of aromatic nitrogens is 2.